The highest BCUT2D eigenvalue weighted by molar-refractivity contribution is 5.85. The molecule has 0 amide bonds. The maximum absolute atomic E-state index is 12.2. The molecule has 0 saturated heterocycles. The van der Waals surface area contributed by atoms with Crippen LogP contribution in [0.1, 0.15) is 11.4 Å². The quantitative estimate of drug-likeness (QED) is 0.770. The van der Waals surface area contributed by atoms with Crippen molar-refractivity contribution in [1.82, 2.24) is 9.97 Å². The number of aromatic amines is 1. The first-order valence-corrected chi connectivity index (χ1v) is 6.28. The molecule has 3 rings (SSSR count). The van der Waals surface area contributed by atoms with Crippen molar-refractivity contribution in [3.63, 3.8) is 0 Å². The van der Waals surface area contributed by atoms with Crippen molar-refractivity contribution in [3.8, 4) is 5.75 Å². The van der Waals surface area contributed by atoms with Gasteiger partial charge in [-0.3, -0.25) is 0 Å². The molecule has 0 saturated carbocycles. The van der Waals surface area contributed by atoms with Gasteiger partial charge >= 0.3 is 6.36 Å². The Hall–Kier alpha value is -2.21. The van der Waals surface area contributed by atoms with Gasteiger partial charge in [-0.25, -0.2) is 4.98 Å². The predicted molar refractivity (Wildman–Crippen MR) is 79.3 cm³/mol. The summed E-state index contributed by atoms with van der Waals surface area (Å²) in [5.41, 5.74) is 2.20. The molecule has 2 aromatic carbocycles. The van der Waals surface area contributed by atoms with E-state index < -0.39 is 6.36 Å². The summed E-state index contributed by atoms with van der Waals surface area (Å²) in [5.74, 6) is 0.424. The fourth-order valence-electron chi connectivity index (χ4n) is 2.11. The number of imidazole rings is 1. The van der Waals surface area contributed by atoms with E-state index in [0.29, 0.717) is 23.3 Å². The van der Waals surface area contributed by atoms with Crippen LogP contribution in [0, 0.1) is 0 Å². The molecule has 0 spiro atoms. The molecule has 1 heterocycles. The summed E-state index contributed by atoms with van der Waals surface area (Å²) < 4.78 is 40.4. The van der Waals surface area contributed by atoms with Crippen molar-refractivity contribution in [2.75, 3.05) is 0 Å². The summed E-state index contributed by atoms with van der Waals surface area (Å²) in [4.78, 5) is 7.38. The standard InChI is InChI=1S/C15H11F3N2O.ClH/c16-15(17,18)21-11-6-7-12-13(9-11)20-14(19-12)8-10-4-2-1-3-5-10;/h1-7,9H,8H2,(H,19,20);1H. The van der Waals surface area contributed by atoms with Crippen LogP contribution in [0.3, 0.4) is 0 Å². The molecular weight excluding hydrogens is 317 g/mol. The number of benzene rings is 2. The van der Waals surface area contributed by atoms with E-state index in [0.717, 1.165) is 5.56 Å². The molecular formula is C15H12ClF3N2O. The molecule has 116 valence electrons. The smallest absolute Gasteiger partial charge is 0.406 e. The number of H-pyrrole nitrogens is 1. The lowest BCUT2D eigenvalue weighted by Crippen LogP contribution is -2.16. The largest absolute Gasteiger partial charge is 0.573 e. The van der Waals surface area contributed by atoms with Gasteiger partial charge in [-0.1, -0.05) is 30.3 Å². The molecule has 0 radical (unpaired) electrons. The summed E-state index contributed by atoms with van der Waals surface area (Å²) >= 11 is 0. The molecule has 1 N–H and O–H groups in total. The maximum Gasteiger partial charge on any atom is 0.573 e. The van der Waals surface area contributed by atoms with Crippen LogP contribution in [0.2, 0.25) is 0 Å². The van der Waals surface area contributed by atoms with E-state index in [-0.39, 0.29) is 18.2 Å². The van der Waals surface area contributed by atoms with Gasteiger partial charge in [0.1, 0.15) is 11.6 Å². The van der Waals surface area contributed by atoms with E-state index in [2.05, 4.69) is 14.7 Å². The van der Waals surface area contributed by atoms with E-state index in [1.165, 1.54) is 18.2 Å². The number of ether oxygens (including phenoxy) is 1. The summed E-state index contributed by atoms with van der Waals surface area (Å²) in [7, 11) is 0. The molecule has 0 aliphatic heterocycles. The Morgan fingerprint density at radius 3 is 2.45 bits per heavy atom. The normalized spacial score (nSPS) is 11.2. The van der Waals surface area contributed by atoms with Gasteiger partial charge in [-0.2, -0.15) is 0 Å². The predicted octanol–water partition coefficient (Wildman–Crippen LogP) is 4.47. The molecule has 22 heavy (non-hydrogen) atoms. The maximum atomic E-state index is 12.2. The zero-order valence-corrected chi connectivity index (χ0v) is 12.0. The van der Waals surface area contributed by atoms with Gasteiger partial charge in [-0.15, -0.1) is 25.6 Å². The Kier molecular flexibility index (Phi) is 4.61. The van der Waals surface area contributed by atoms with Crippen molar-refractivity contribution >= 4 is 23.4 Å². The zero-order valence-electron chi connectivity index (χ0n) is 11.2. The van der Waals surface area contributed by atoms with Crippen molar-refractivity contribution in [2.45, 2.75) is 12.8 Å². The van der Waals surface area contributed by atoms with Crippen LogP contribution in [-0.4, -0.2) is 16.3 Å². The molecule has 0 aliphatic carbocycles. The number of halogens is 4. The number of hydrogen-bond acceptors (Lipinski definition) is 2. The molecule has 0 atom stereocenters. The van der Waals surface area contributed by atoms with Crippen LogP contribution in [0.15, 0.2) is 48.5 Å². The molecule has 0 fully saturated rings. The van der Waals surface area contributed by atoms with Gasteiger partial charge in [0.05, 0.1) is 11.0 Å². The summed E-state index contributed by atoms with van der Waals surface area (Å²) in [6.07, 6.45) is -4.11. The van der Waals surface area contributed by atoms with Gasteiger partial charge in [0.15, 0.2) is 0 Å². The van der Waals surface area contributed by atoms with E-state index in [9.17, 15) is 13.2 Å². The second-order valence-corrected chi connectivity index (χ2v) is 4.57. The van der Waals surface area contributed by atoms with Gasteiger partial charge < -0.3 is 9.72 Å². The first-order valence-electron chi connectivity index (χ1n) is 6.28. The number of hydrogen-bond donors (Lipinski definition) is 1. The third-order valence-electron chi connectivity index (χ3n) is 2.95. The third kappa shape index (κ3) is 3.92. The van der Waals surface area contributed by atoms with Crippen molar-refractivity contribution in [3.05, 3.63) is 59.9 Å². The average Bonchev–Trinajstić information content (AvgIpc) is 2.79. The number of nitrogens with one attached hydrogen (secondary N) is 1. The Morgan fingerprint density at radius 1 is 1.05 bits per heavy atom. The highest BCUT2D eigenvalue weighted by Gasteiger charge is 2.31. The molecule has 7 heteroatoms. The van der Waals surface area contributed by atoms with Gasteiger partial charge in [0, 0.05) is 12.5 Å². The number of fused-ring (bicyclic) bond motifs is 1. The van der Waals surface area contributed by atoms with Crippen LogP contribution in [0.4, 0.5) is 13.2 Å². The first kappa shape index (κ1) is 16.2. The van der Waals surface area contributed by atoms with Gasteiger partial charge in [-0.05, 0) is 17.7 Å². The number of rotatable bonds is 3. The Balaban J connectivity index is 0.00000176. The van der Waals surface area contributed by atoms with E-state index in [1.54, 1.807) is 0 Å². The fourth-order valence-corrected chi connectivity index (χ4v) is 2.11. The lowest BCUT2D eigenvalue weighted by Gasteiger charge is -2.07. The minimum absolute atomic E-state index is 0. The highest BCUT2D eigenvalue weighted by atomic mass is 35.5. The van der Waals surface area contributed by atoms with E-state index in [4.69, 9.17) is 0 Å². The second kappa shape index (κ2) is 6.27. The van der Waals surface area contributed by atoms with Crippen molar-refractivity contribution < 1.29 is 17.9 Å². The van der Waals surface area contributed by atoms with Crippen LogP contribution >= 0.6 is 12.4 Å². The molecule has 0 aliphatic rings. The van der Waals surface area contributed by atoms with Crippen molar-refractivity contribution in [1.29, 1.82) is 0 Å². The minimum atomic E-state index is -4.70. The van der Waals surface area contributed by atoms with E-state index in [1.807, 2.05) is 30.3 Å². The van der Waals surface area contributed by atoms with Crippen LogP contribution < -0.4 is 4.74 Å². The zero-order chi connectivity index (χ0) is 14.9. The molecule has 1 aromatic heterocycles. The minimum Gasteiger partial charge on any atom is -0.406 e. The Bertz CT molecular complexity index is 756. The average molecular weight is 329 g/mol. The number of alkyl halides is 3. The summed E-state index contributed by atoms with van der Waals surface area (Å²) in [6, 6.07) is 13.8. The van der Waals surface area contributed by atoms with E-state index >= 15 is 0 Å². The van der Waals surface area contributed by atoms with Crippen LogP contribution in [0.5, 0.6) is 5.75 Å². The van der Waals surface area contributed by atoms with Crippen molar-refractivity contribution in [2.24, 2.45) is 0 Å². The second-order valence-electron chi connectivity index (χ2n) is 4.57. The number of nitrogens with zero attached hydrogens (tertiary/aromatic N) is 1. The summed E-state index contributed by atoms with van der Waals surface area (Å²) in [5, 5.41) is 0. The fraction of sp³-hybridized carbons (Fsp3) is 0.133. The third-order valence-corrected chi connectivity index (χ3v) is 2.95. The van der Waals surface area contributed by atoms with Crippen LogP contribution in [0.25, 0.3) is 11.0 Å². The summed E-state index contributed by atoms with van der Waals surface area (Å²) in [6.45, 7) is 0. The first-order chi connectivity index (χ1) is 9.99. The molecule has 0 unspecified atom stereocenters. The lowest BCUT2D eigenvalue weighted by molar-refractivity contribution is -0.274. The topological polar surface area (TPSA) is 37.9 Å². The van der Waals surface area contributed by atoms with Gasteiger partial charge in [0.25, 0.3) is 0 Å². The van der Waals surface area contributed by atoms with Gasteiger partial charge in [0.2, 0.25) is 0 Å². The SMILES string of the molecule is Cl.FC(F)(F)Oc1ccc2[nH]c(Cc3ccccc3)nc2c1. The molecule has 3 nitrogen and oxygen atoms in total. The Morgan fingerprint density at radius 2 is 1.77 bits per heavy atom. The highest BCUT2D eigenvalue weighted by Crippen LogP contribution is 2.25. The van der Waals surface area contributed by atoms with Crippen LogP contribution in [-0.2, 0) is 6.42 Å². The Labute approximate surface area is 130 Å². The molecule has 3 aromatic rings. The lowest BCUT2D eigenvalue weighted by atomic mass is 10.1. The molecule has 0 bridgehead atoms. The monoisotopic (exact) mass is 328 g/mol. The number of aromatic nitrogens is 2.